The lowest BCUT2D eigenvalue weighted by Gasteiger charge is -2.35. The molecule has 1 fully saturated rings. The predicted molar refractivity (Wildman–Crippen MR) is 88.1 cm³/mol. The second-order valence-corrected chi connectivity index (χ2v) is 6.39. The Bertz CT molecular complexity index is 539. The molecule has 1 amide bonds. The summed E-state index contributed by atoms with van der Waals surface area (Å²) >= 11 is 5.83. The predicted octanol–water partition coefficient (Wildman–Crippen LogP) is 3.04. The summed E-state index contributed by atoms with van der Waals surface area (Å²) in [4.78, 5) is 13.8. The van der Waals surface area contributed by atoms with Crippen molar-refractivity contribution in [3.8, 4) is 0 Å². The van der Waals surface area contributed by atoms with E-state index in [1.807, 2.05) is 0 Å². The van der Waals surface area contributed by atoms with Crippen LogP contribution in [0.25, 0.3) is 0 Å². The number of benzene rings is 1. The van der Waals surface area contributed by atoms with Crippen LogP contribution in [-0.4, -0.2) is 34.3 Å². The molecule has 120 valence electrons. The number of amides is 1. The van der Waals surface area contributed by atoms with Gasteiger partial charge in [-0.05, 0) is 55.7 Å². The number of alkyl halides is 2. The highest BCUT2D eigenvalue weighted by atomic mass is 32.2. The monoisotopic (exact) mass is 345 g/mol. The molecular weight excluding hydrogens is 328 g/mol. The van der Waals surface area contributed by atoms with Crippen molar-refractivity contribution in [2.75, 3.05) is 11.9 Å². The van der Waals surface area contributed by atoms with E-state index < -0.39 is 5.76 Å². The molecule has 22 heavy (non-hydrogen) atoms. The fourth-order valence-electron chi connectivity index (χ4n) is 2.39. The maximum Gasteiger partial charge on any atom is 0.288 e. The quantitative estimate of drug-likeness (QED) is 0.649. The van der Waals surface area contributed by atoms with Gasteiger partial charge >= 0.3 is 0 Å². The number of hydrogen-bond acceptors (Lipinski definition) is 3. The lowest BCUT2D eigenvalue weighted by atomic mass is 10.0. The number of thioether (sulfide) groups is 1. The van der Waals surface area contributed by atoms with E-state index in [4.69, 9.17) is 18.0 Å². The van der Waals surface area contributed by atoms with Gasteiger partial charge in [0, 0.05) is 17.1 Å². The summed E-state index contributed by atoms with van der Waals surface area (Å²) < 4.78 is 24.5. The van der Waals surface area contributed by atoms with Gasteiger partial charge in [-0.15, -0.1) is 0 Å². The zero-order chi connectivity index (χ0) is 16.1. The molecular formula is C14H17F2N3OS2. The van der Waals surface area contributed by atoms with E-state index in [-0.39, 0.29) is 11.9 Å². The summed E-state index contributed by atoms with van der Waals surface area (Å²) in [5, 5.41) is 3.46. The number of thiocarbonyl (C=S) groups is 1. The van der Waals surface area contributed by atoms with Crippen molar-refractivity contribution in [2.45, 2.75) is 36.0 Å². The maximum atomic E-state index is 12.3. The number of halogens is 2. The maximum absolute atomic E-state index is 12.3. The third-order valence-corrected chi connectivity index (χ3v) is 4.48. The largest absolute Gasteiger partial charge is 0.368 e. The molecule has 1 heterocycles. The summed E-state index contributed by atoms with van der Waals surface area (Å²) in [5.74, 6) is -2.82. The van der Waals surface area contributed by atoms with Gasteiger partial charge in [-0.2, -0.15) is 8.78 Å². The van der Waals surface area contributed by atoms with E-state index in [1.165, 1.54) is 0 Å². The highest BCUT2D eigenvalue weighted by Gasteiger charge is 2.28. The molecule has 1 aromatic rings. The van der Waals surface area contributed by atoms with Crippen LogP contribution in [0.3, 0.4) is 0 Å². The van der Waals surface area contributed by atoms with Gasteiger partial charge in [-0.25, -0.2) is 0 Å². The van der Waals surface area contributed by atoms with Crippen LogP contribution in [0.5, 0.6) is 0 Å². The minimum Gasteiger partial charge on any atom is -0.368 e. The number of nitrogens with two attached hydrogens (primary N) is 1. The van der Waals surface area contributed by atoms with Crippen LogP contribution >= 0.6 is 24.0 Å². The number of rotatable bonds is 4. The van der Waals surface area contributed by atoms with Gasteiger partial charge in [0.1, 0.15) is 6.04 Å². The fraction of sp³-hybridized carbons (Fsp3) is 0.429. The number of hydrogen-bond donors (Lipinski definition) is 2. The third kappa shape index (κ3) is 4.54. The van der Waals surface area contributed by atoms with Crippen LogP contribution in [0.1, 0.15) is 19.3 Å². The number of carbonyl (C=O) groups is 1. The molecule has 1 aromatic carbocycles. The average Bonchev–Trinajstić information content (AvgIpc) is 2.48. The molecule has 0 saturated carbocycles. The summed E-state index contributed by atoms with van der Waals surface area (Å²) in [5.41, 5.74) is 6.11. The molecule has 0 unspecified atom stereocenters. The summed E-state index contributed by atoms with van der Waals surface area (Å²) in [6.45, 7) is 0.679. The SMILES string of the molecule is NC(=O)[C@@H]1CCCCN1C(=S)Nc1ccc(SC(F)F)cc1. The van der Waals surface area contributed by atoms with Crippen LogP contribution in [-0.2, 0) is 4.79 Å². The van der Waals surface area contributed by atoms with Gasteiger partial charge in [-0.3, -0.25) is 4.79 Å². The lowest BCUT2D eigenvalue weighted by molar-refractivity contribution is -0.122. The smallest absolute Gasteiger partial charge is 0.288 e. The van der Waals surface area contributed by atoms with Crippen molar-refractivity contribution in [2.24, 2.45) is 5.73 Å². The van der Waals surface area contributed by atoms with Crippen molar-refractivity contribution in [1.82, 2.24) is 4.90 Å². The van der Waals surface area contributed by atoms with Crippen molar-refractivity contribution < 1.29 is 13.6 Å². The molecule has 1 aliphatic heterocycles. The topological polar surface area (TPSA) is 58.4 Å². The van der Waals surface area contributed by atoms with Crippen LogP contribution < -0.4 is 11.1 Å². The zero-order valence-corrected chi connectivity index (χ0v) is 13.4. The van der Waals surface area contributed by atoms with E-state index in [0.717, 1.165) is 12.8 Å². The number of nitrogens with one attached hydrogen (secondary N) is 1. The molecule has 2 rings (SSSR count). The first-order valence-corrected chi connectivity index (χ1v) is 8.18. The molecule has 0 bridgehead atoms. The molecule has 1 saturated heterocycles. The van der Waals surface area contributed by atoms with Crippen molar-refractivity contribution in [1.29, 1.82) is 0 Å². The highest BCUT2D eigenvalue weighted by molar-refractivity contribution is 7.99. The van der Waals surface area contributed by atoms with Crippen LogP contribution in [0, 0.1) is 0 Å². The Labute approximate surface area is 137 Å². The minimum absolute atomic E-state index is 0.382. The molecule has 3 N–H and O–H groups in total. The van der Waals surface area contributed by atoms with E-state index in [0.29, 0.717) is 40.4 Å². The Balaban J connectivity index is 1.99. The molecule has 4 nitrogen and oxygen atoms in total. The molecule has 0 spiro atoms. The first-order chi connectivity index (χ1) is 10.5. The van der Waals surface area contributed by atoms with E-state index >= 15 is 0 Å². The average molecular weight is 345 g/mol. The third-order valence-electron chi connectivity index (χ3n) is 3.42. The summed E-state index contributed by atoms with van der Waals surface area (Å²) in [6.07, 6.45) is 2.60. The fourth-order valence-corrected chi connectivity index (χ4v) is 3.22. The van der Waals surface area contributed by atoms with E-state index in [9.17, 15) is 13.6 Å². The minimum atomic E-state index is -2.44. The number of anilines is 1. The van der Waals surface area contributed by atoms with E-state index in [2.05, 4.69) is 5.32 Å². The Hall–Kier alpha value is -1.41. The Morgan fingerprint density at radius 3 is 2.64 bits per heavy atom. The lowest BCUT2D eigenvalue weighted by Crippen LogP contribution is -2.51. The number of primary amides is 1. The van der Waals surface area contributed by atoms with Crippen molar-refractivity contribution in [3.05, 3.63) is 24.3 Å². The van der Waals surface area contributed by atoms with Gasteiger partial charge in [0.2, 0.25) is 5.91 Å². The first-order valence-electron chi connectivity index (χ1n) is 6.89. The van der Waals surface area contributed by atoms with Crippen LogP contribution in [0.4, 0.5) is 14.5 Å². The van der Waals surface area contributed by atoms with Crippen LogP contribution in [0.2, 0.25) is 0 Å². The van der Waals surface area contributed by atoms with Gasteiger partial charge in [0.15, 0.2) is 5.11 Å². The van der Waals surface area contributed by atoms with Gasteiger partial charge in [0.05, 0.1) is 0 Å². The number of nitrogens with zero attached hydrogens (tertiary/aromatic N) is 1. The number of likely N-dealkylation sites (tertiary alicyclic amines) is 1. The molecule has 0 radical (unpaired) electrons. The summed E-state index contributed by atoms with van der Waals surface area (Å²) in [6, 6.07) is 6.18. The highest BCUT2D eigenvalue weighted by Crippen LogP contribution is 2.26. The molecule has 0 aliphatic carbocycles. The Morgan fingerprint density at radius 2 is 2.05 bits per heavy atom. The van der Waals surface area contributed by atoms with Gasteiger partial charge < -0.3 is 16.0 Å². The van der Waals surface area contributed by atoms with Gasteiger partial charge in [-0.1, -0.05) is 11.8 Å². The zero-order valence-electron chi connectivity index (χ0n) is 11.8. The molecule has 0 aromatic heterocycles. The second-order valence-electron chi connectivity index (χ2n) is 4.94. The van der Waals surface area contributed by atoms with Crippen molar-refractivity contribution in [3.63, 3.8) is 0 Å². The number of piperidine rings is 1. The molecule has 1 aliphatic rings. The van der Waals surface area contributed by atoms with E-state index in [1.54, 1.807) is 29.2 Å². The Morgan fingerprint density at radius 1 is 1.36 bits per heavy atom. The second kappa shape index (κ2) is 7.73. The Kier molecular flexibility index (Phi) is 5.96. The molecule has 1 atom stereocenters. The molecule has 8 heteroatoms. The van der Waals surface area contributed by atoms with Gasteiger partial charge in [0.25, 0.3) is 5.76 Å². The van der Waals surface area contributed by atoms with Crippen molar-refractivity contribution >= 4 is 40.7 Å². The summed E-state index contributed by atoms with van der Waals surface area (Å²) in [7, 11) is 0. The van der Waals surface area contributed by atoms with Crippen LogP contribution in [0.15, 0.2) is 29.2 Å². The normalized spacial score (nSPS) is 18.3. The first kappa shape index (κ1) is 17.0. The standard InChI is InChI=1S/C14H17F2N3OS2/c15-13(16)22-10-6-4-9(5-7-10)18-14(21)19-8-2-1-3-11(19)12(17)20/h4-7,11,13H,1-3,8H2,(H2,17,20)(H,18,21)/t11-/m0/s1. The number of carbonyl (C=O) groups excluding carboxylic acids is 1.